The fraction of sp³-hybridized carbons (Fsp3) is 0.250. The van der Waals surface area contributed by atoms with Gasteiger partial charge in [0.05, 0.1) is 0 Å². The summed E-state index contributed by atoms with van der Waals surface area (Å²) < 4.78 is 33.8. The third-order valence-electron chi connectivity index (χ3n) is 1.95. The first-order valence-corrected chi connectivity index (χ1v) is 5.02. The molecule has 0 aliphatic heterocycles. The highest BCUT2D eigenvalue weighted by atomic mass is 32.3. The van der Waals surface area contributed by atoms with E-state index in [1.54, 1.807) is 6.92 Å². The van der Waals surface area contributed by atoms with Crippen molar-refractivity contribution in [1.29, 1.82) is 0 Å². The standard InChI is InChI=1S/C8H10FNO2S/c1-5-3-4-7(13(9,11)12)6(2)8(5)10/h3-4H,10H2,1-2H3. The number of nitrogen functional groups attached to an aromatic ring is 1. The van der Waals surface area contributed by atoms with Crippen LogP contribution in [-0.2, 0) is 10.2 Å². The van der Waals surface area contributed by atoms with Crippen molar-refractivity contribution in [1.82, 2.24) is 0 Å². The summed E-state index contributed by atoms with van der Waals surface area (Å²) in [7, 11) is -4.65. The molecule has 0 spiro atoms. The molecule has 0 aromatic heterocycles. The molecular formula is C8H10FNO2S. The molecule has 1 aromatic carbocycles. The number of halogens is 1. The lowest BCUT2D eigenvalue weighted by Crippen LogP contribution is -2.01. The highest BCUT2D eigenvalue weighted by Gasteiger charge is 2.16. The van der Waals surface area contributed by atoms with Crippen LogP contribution in [0.4, 0.5) is 9.57 Å². The van der Waals surface area contributed by atoms with Crippen molar-refractivity contribution in [3.05, 3.63) is 23.3 Å². The molecule has 0 aliphatic rings. The minimum atomic E-state index is -4.65. The molecule has 0 saturated carbocycles. The zero-order chi connectivity index (χ0) is 10.2. The van der Waals surface area contributed by atoms with Gasteiger partial charge in [-0.3, -0.25) is 0 Å². The van der Waals surface area contributed by atoms with E-state index in [0.717, 1.165) is 5.56 Å². The van der Waals surface area contributed by atoms with Crippen molar-refractivity contribution >= 4 is 15.9 Å². The number of hydrogen-bond donors (Lipinski definition) is 1. The van der Waals surface area contributed by atoms with Crippen LogP contribution in [0.2, 0.25) is 0 Å². The number of rotatable bonds is 1. The Bertz CT molecular complexity index is 440. The summed E-state index contributed by atoms with van der Waals surface area (Å²) in [5, 5.41) is 0. The third kappa shape index (κ3) is 1.80. The summed E-state index contributed by atoms with van der Waals surface area (Å²) in [6.07, 6.45) is 0. The second kappa shape index (κ2) is 2.99. The van der Waals surface area contributed by atoms with Crippen molar-refractivity contribution in [2.75, 3.05) is 5.73 Å². The Kier molecular flexibility index (Phi) is 2.30. The van der Waals surface area contributed by atoms with Crippen molar-refractivity contribution in [2.24, 2.45) is 0 Å². The Morgan fingerprint density at radius 1 is 1.31 bits per heavy atom. The Balaban J connectivity index is 3.53. The van der Waals surface area contributed by atoms with Crippen molar-refractivity contribution < 1.29 is 12.3 Å². The van der Waals surface area contributed by atoms with Gasteiger partial charge in [0.15, 0.2) is 0 Å². The van der Waals surface area contributed by atoms with Crippen molar-refractivity contribution in [2.45, 2.75) is 18.7 Å². The second-order valence-corrected chi connectivity index (χ2v) is 4.17. The minimum absolute atomic E-state index is 0.266. The summed E-state index contributed by atoms with van der Waals surface area (Å²) in [6, 6.07) is 2.70. The molecule has 13 heavy (non-hydrogen) atoms. The van der Waals surface area contributed by atoms with E-state index in [1.807, 2.05) is 0 Å². The summed E-state index contributed by atoms with van der Waals surface area (Å²) in [6.45, 7) is 3.21. The van der Waals surface area contributed by atoms with E-state index in [-0.39, 0.29) is 10.5 Å². The van der Waals surface area contributed by atoms with Gasteiger partial charge in [0.1, 0.15) is 4.90 Å². The van der Waals surface area contributed by atoms with Crippen LogP contribution in [0, 0.1) is 13.8 Å². The number of anilines is 1. The Morgan fingerprint density at radius 3 is 2.31 bits per heavy atom. The van der Waals surface area contributed by atoms with Gasteiger partial charge >= 0.3 is 10.2 Å². The van der Waals surface area contributed by atoms with Crippen LogP contribution in [0.5, 0.6) is 0 Å². The molecule has 0 heterocycles. The maximum Gasteiger partial charge on any atom is 0.332 e. The molecule has 0 radical (unpaired) electrons. The van der Waals surface area contributed by atoms with E-state index in [0.29, 0.717) is 5.69 Å². The van der Waals surface area contributed by atoms with Gasteiger partial charge in [-0.15, -0.1) is 3.89 Å². The molecule has 0 saturated heterocycles. The topological polar surface area (TPSA) is 60.2 Å². The van der Waals surface area contributed by atoms with Gasteiger partial charge in [-0.25, -0.2) is 0 Å². The summed E-state index contributed by atoms with van der Waals surface area (Å²) in [4.78, 5) is -0.351. The van der Waals surface area contributed by atoms with E-state index in [4.69, 9.17) is 5.73 Å². The lowest BCUT2D eigenvalue weighted by Gasteiger charge is -2.06. The number of benzene rings is 1. The van der Waals surface area contributed by atoms with Gasteiger partial charge in [-0.1, -0.05) is 6.07 Å². The number of nitrogens with two attached hydrogens (primary N) is 1. The van der Waals surface area contributed by atoms with Gasteiger partial charge < -0.3 is 5.73 Å². The number of hydrogen-bond acceptors (Lipinski definition) is 3. The average molecular weight is 203 g/mol. The van der Waals surface area contributed by atoms with Gasteiger partial charge in [0.2, 0.25) is 0 Å². The first kappa shape index (κ1) is 9.98. The molecule has 0 atom stereocenters. The Hall–Kier alpha value is -1.10. The van der Waals surface area contributed by atoms with E-state index in [9.17, 15) is 12.3 Å². The molecule has 0 unspecified atom stereocenters. The zero-order valence-corrected chi connectivity index (χ0v) is 8.15. The Morgan fingerprint density at radius 2 is 1.85 bits per heavy atom. The normalized spacial score (nSPS) is 11.6. The average Bonchev–Trinajstić information content (AvgIpc) is 1.98. The lowest BCUT2D eigenvalue weighted by atomic mass is 10.1. The summed E-state index contributed by atoms with van der Waals surface area (Å²) >= 11 is 0. The van der Waals surface area contributed by atoms with Crippen molar-refractivity contribution in [3.63, 3.8) is 0 Å². The van der Waals surface area contributed by atoms with Crippen LogP contribution in [0.1, 0.15) is 11.1 Å². The molecular weight excluding hydrogens is 193 g/mol. The predicted molar refractivity (Wildman–Crippen MR) is 48.6 cm³/mol. The van der Waals surface area contributed by atoms with E-state index < -0.39 is 10.2 Å². The van der Waals surface area contributed by atoms with Gasteiger partial charge in [-0.05, 0) is 31.0 Å². The summed E-state index contributed by atoms with van der Waals surface area (Å²) in [5.41, 5.74) is 6.87. The smallest absolute Gasteiger partial charge is 0.332 e. The monoisotopic (exact) mass is 203 g/mol. The molecule has 0 amide bonds. The quantitative estimate of drug-likeness (QED) is 0.556. The van der Waals surface area contributed by atoms with Crippen LogP contribution in [0.15, 0.2) is 17.0 Å². The van der Waals surface area contributed by atoms with E-state index in [1.165, 1.54) is 19.1 Å². The maximum atomic E-state index is 12.6. The van der Waals surface area contributed by atoms with Crippen molar-refractivity contribution in [3.8, 4) is 0 Å². The minimum Gasteiger partial charge on any atom is -0.398 e. The molecule has 3 nitrogen and oxygen atoms in total. The first-order chi connectivity index (χ1) is 5.84. The third-order valence-corrected chi connectivity index (χ3v) is 2.91. The molecule has 0 aliphatic carbocycles. The fourth-order valence-corrected chi connectivity index (χ4v) is 1.81. The van der Waals surface area contributed by atoms with Crippen LogP contribution < -0.4 is 5.73 Å². The molecule has 72 valence electrons. The molecule has 1 aromatic rings. The van der Waals surface area contributed by atoms with Gasteiger partial charge in [0.25, 0.3) is 0 Å². The molecule has 0 bridgehead atoms. The second-order valence-electron chi connectivity index (χ2n) is 2.86. The van der Waals surface area contributed by atoms with Gasteiger partial charge in [-0.2, -0.15) is 8.42 Å². The first-order valence-electron chi connectivity index (χ1n) is 3.64. The largest absolute Gasteiger partial charge is 0.398 e. The SMILES string of the molecule is Cc1ccc(S(=O)(=O)F)c(C)c1N. The molecule has 0 fully saturated rings. The Labute approximate surface area is 76.6 Å². The maximum absolute atomic E-state index is 12.6. The lowest BCUT2D eigenvalue weighted by molar-refractivity contribution is 0.551. The zero-order valence-electron chi connectivity index (χ0n) is 7.33. The van der Waals surface area contributed by atoms with Crippen LogP contribution in [0.25, 0.3) is 0 Å². The highest BCUT2D eigenvalue weighted by Crippen LogP contribution is 2.25. The fourth-order valence-electron chi connectivity index (χ4n) is 1.11. The molecule has 5 heteroatoms. The predicted octanol–water partition coefficient (Wildman–Crippen LogP) is 1.54. The van der Waals surface area contributed by atoms with E-state index >= 15 is 0 Å². The van der Waals surface area contributed by atoms with Crippen LogP contribution in [-0.4, -0.2) is 8.42 Å². The molecule has 2 N–H and O–H groups in total. The number of aryl methyl sites for hydroxylation is 1. The van der Waals surface area contributed by atoms with E-state index in [2.05, 4.69) is 0 Å². The van der Waals surface area contributed by atoms with Crippen LogP contribution >= 0.6 is 0 Å². The summed E-state index contributed by atoms with van der Waals surface area (Å²) in [5.74, 6) is 0. The van der Waals surface area contributed by atoms with Gasteiger partial charge in [0, 0.05) is 5.69 Å². The highest BCUT2D eigenvalue weighted by molar-refractivity contribution is 7.86. The van der Waals surface area contributed by atoms with Crippen LogP contribution in [0.3, 0.4) is 0 Å². The molecule has 1 rings (SSSR count).